The van der Waals surface area contributed by atoms with E-state index in [0.717, 1.165) is 16.7 Å². The van der Waals surface area contributed by atoms with Crippen LogP contribution in [-0.2, 0) is 10.0 Å². The number of hydrogen-bond acceptors (Lipinski definition) is 4. The molecule has 0 fully saturated rings. The Morgan fingerprint density at radius 1 is 1.00 bits per heavy atom. The lowest BCUT2D eigenvalue weighted by Crippen LogP contribution is -2.27. The lowest BCUT2D eigenvalue weighted by Gasteiger charge is -2.16. The third-order valence-electron chi connectivity index (χ3n) is 4.02. The van der Waals surface area contributed by atoms with Gasteiger partial charge in [-0.15, -0.1) is 0 Å². The van der Waals surface area contributed by atoms with Crippen LogP contribution in [0, 0.1) is 13.8 Å². The van der Waals surface area contributed by atoms with Crippen molar-refractivity contribution in [2.75, 3.05) is 6.79 Å². The van der Waals surface area contributed by atoms with Crippen molar-refractivity contribution in [3.05, 3.63) is 53.1 Å². The molecule has 0 saturated carbocycles. The summed E-state index contributed by atoms with van der Waals surface area (Å²) in [6.07, 6.45) is 0. The fraction of sp³-hybridized carbons (Fsp3) is 0.294. The number of ether oxygens (including phenoxy) is 2. The van der Waals surface area contributed by atoms with Gasteiger partial charge in [0.25, 0.3) is 0 Å². The lowest BCUT2D eigenvalue weighted by atomic mass is 10.1. The minimum Gasteiger partial charge on any atom is -0.454 e. The quantitative estimate of drug-likeness (QED) is 0.934. The molecule has 5 nitrogen and oxygen atoms in total. The number of aryl methyl sites for hydroxylation is 2. The van der Waals surface area contributed by atoms with Gasteiger partial charge in [0.2, 0.25) is 16.8 Å². The summed E-state index contributed by atoms with van der Waals surface area (Å²) in [5.74, 6) is 1.32. The molecule has 23 heavy (non-hydrogen) atoms. The highest BCUT2D eigenvalue weighted by Gasteiger charge is 2.21. The van der Waals surface area contributed by atoms with Crippen molar-refractivity contribution in [1.82, 2.24) is 4.72 Å². The van der Waals surface area contributed by atoms with Crippen molar-refractivity contribution < 1.29 is 17.9 Å². The van der Waals surface area contributed by atoms with Gasteiger partial charge in [0.1, 0.15) is 0 Å². The predicted octanol–water partition coefficient (Wildman–Crippen LogP) is 3.07. The summed E-state index contributed by atoms with van der Waals surface area (Å²) < 4.78 is 38.4. The van der Waals surface area contributed by atoms with E-state index in [1.165, 1.54) is 0 Å². The molecule has 6 heteroatoms. The maximum Gasteiger partial charge on any atom is 0.241 e. The Labute approximate surface area is 136 Å². The van der Waals surface area contributed by atoms with Crippen LogP contribution in [0.5, 0.6) is 11.5 Å². The van der Waals surface area contributed by atoms with E-state index in [1.807, 2.05) is 26.0 Å². The first-order valence-corrected chi connectivity index (χ1v) is 8.84. The third-order valence-corrected chi connectivity index (χ3v) is 5.56. The molecule has 1 atom stereocenters. The van der Waals surface area contributed by atoms with Gasteiger partial charge in [0, 0.05) is 6.04 Å². The second kappa shape index (κ2) is 5.86. The topological polar surface area (TPSA) is 64.6 Å². The number of rotatable bonds is 4. The zero-order chi connectivity index (χ0) is 16.6. The lowest BCUT2D eigenvalue weighted by molar-refractivity contribution is 0.174. The van der Waals surface area contributed by atoms with E-state index in [1.54, 1.807) is 31.2 Å². The smallest absolute Gasteiger partial charge is 0.241 e. The molecular formula is C17H19NO4S. The van der Waals surface area contributed by atoms with Crippen LogP contribution in [0.4, 0.5) is 0 Å². The Morgan fingerprint density at radius 3 is 2.48 bits per heavy atom. The minimum absolute atomic E-state index is 0.196. The molecule has 1 N–H and O–H groups in total. The molecule has 2 aromatic carbocycles. The summed E-state index contributed by atoms with van der Waals surface area (Å²) in [6.45, 7) is 5.85. The maximum absolute atomic E-state index is 12.5. The minimum atomic E-state index is -3.58. The van der Waals surface area contributed by atoms with Crippen LogP contribution in [-0.4, -0.2) is 15.2 Å². The van der Waals surface area contributed by atoms with Crippen LogP contribution in [0.2, 0.25) is 0 Å². The Hall–Kier alpha value is -2.05. The molecule has 3 rings (SSSR count). The largest absolute Gasteiger partial charge is 0.454 e. The second-order valence-corrected chi connectivity index (χ2v) is 7.42. The Morgan fingerprint density at radius 2 is 1.74 bits per heavy atom. The van der Waals surface area contributed by atoms with Gasteiger partial charge in [-0.3, -0.25) is 0 Å². The number of nitrogens with one attached hydrogen (secondary N) is 1. The highest BCUT2D eigenvalue weighted by molar-refractivity contribution is 7.89. The van der Waals surface area contributed by atoms with Gasteiger partial charge >= 0.3 is 0 Å². The van der Waals surface area contributed by atoms with Crippen LogP contribution in [0.3, 0.4) is 0 Å². The molecule has 2 aromatic rings. The molecule has 1 aliphatic heterocycles. The summed E-state index contributed by atoms with van der Waals surface area (Å²) in [4.78, 5) is 0.271. The molecular weight excluding hydrogens is 314 g/mol. The van der Waals surface area contributed by atoms with E-state index in [0.29, 0.717) is 11.5 Å². The Balaban J connectivity index is 1.83. The maximum atomic E-state index is 12.5. The normalized spacial score (nSPS) is 14.7. The first kappa shape index (κ1) is 15.8. The van der Waals surface area contributed by atoms with Crippen LogP contribution in [0.1, 0.15) is 29.7 Å². The zero-order valence-electron chi connectivity index (χ0n) is 13.3. The Kier molecular flexibility index (Phi) is 4.04. The third kappa shape index (κ3) is 3.18. The number of benzene rings is 2. The molecule has 0 radical (unpaired) electrons. The first-order chi connectivity index (χ1) is 10.9. The molecule has 1 heterocycles. The Bertz CT molecular complexity index is 846. The molecule has 0 saturated heterocycles. The summed E-state index contributed by atoms with van der Waals surface area (Å²) >= 11 is 0. The van der Waals surface area contributed by atoms with Gasteiger partial charge in [-0.05, 0) is 61.7 Å². The van der Waals surface area contributed by atoms with Gasteiger partial charge in [-0.2, -0.15) is 0 Å². The van der Waals surface area contributed by atoms with Crippen molar-refractivity contribution in [3.63, 3.8) is 0 Å². The molecule has 122 valence electrons. The van der Waals surface area contributed by atoms with Crippen LogP contribution in [0.25, 0.3) is 0 Å². The molecule has 0 amide bonds. The van der Waals surface area contributed by atoms with Gasteiger partial charge < -0.3 is 9.47 Å². The highest BCUT2D eigenvalue weighted by Crippen LogP contribution is 2.34. The number of fused-ring (bicyclic) bond motifs is 1. The zero-order valence-corrected chi connectivity index (χ0v) is 14.1. The van der Waals surface area contributed by atoms with Gasteiger partial charge in [-0.25, -0.2) is 13.1 Å². The standard InChI is InChI=1S/C17H19NO4S/c1-11-4-6-15(8-12(11)2)23(19,20)18-13(3)14-5-7-16-17(9-14)22-10-21-16/h4-9,13,18H,10H2,1-3H3/t13-/m1/s1. The van der Waals surface area contributed by atoms with Crippen molar-refractivity contribution >= 4 is 10.0 Å². The monoisotopic (exact) mass is 333 g/mol. The second-order valence-electron chi connectivity index (χ2n) is 5.70. The first-order valence-electron chi connectivity index (χ1n) is 7.36. The molecule has 1 aliphatic rings. The fourth-order valence-corrected chi connectivity index (χ4v) is 3.75. The van der Waals surface area contributed by atoms with E-state index < -0.39 is 10.0 Å². The van der Waals surface area contributed by atoms with E-state index in [4.69, 9.17) is 9.47 Å². The van der Waals surface area contributed by atoms with Gasteiger partial charge in [0.15, 0.2) is 11.5 Å². The van der Waals surface area contributed by atoms with Crippen molar-refractivity contribution in [2.45, 2.75) is 31.7 Å². The molecule has 0 aromatic heterocycles. The highest BCUT2D eigenvalue weighted by atomic mass is 32.2. The van der Waals surface area contributed by atoms with E-state index >= 15 is 0 Å². The number of sulfonamides is 1. The predicted molar refractivity (Wildman–Crippen MR) is 87.2 cm³/mol. The number of hydrogen-bond donors (Lipinski definition) is 1. The summed E-state index contributed by atoms with van der Waals surface area (Å²) in [5, 5.41) is 0. The summed E-state index contributed by atoms with van der Waals surface area (Å²) in [5.41, 5.74) is 2.83. The van der Waals surface area contributed by atoms with Crippen molar-refractivity contribution in [3.8, 4) is 11.5 Å². The van der Waals surface area contributed by atoms with E-state index in [2.05, 4.69) is 4.72 Å². The van der Waals surface area contributed by atoms with E-state index in [-0.39, 0.29) is 17.7 Å². The molecule has 0 spiro atoms. The van der Waals surface area contributed by atoms with Crippen LogP contribution < -0.4 is 14.2 Å². The summed E-state index contributed by atoms with van der Waals surface area (Å²) in [7, 11) is -3.58. The fourth-order valence-electron chi connectivity index (χ4n) is 2.43. The van der Waals surface area contributed by atoms with Crippen molar-refractivity contribution in [2.24, 2.45) is 0 Å². The average molecular weight is 333 g/mol. The summed E-state index contributed by atoms with van der Waals surface area (Å²) in [6, 6.07) is 10.2. The van der Waals surface area contributed by atoms with Crippen LogP contribution >= 0.6 is 0 Å². The van der Waals surface area contributed by atoms with Gasteiger partial charge in [-0.1, -0.05) is 12.1 Å². The SMILES string of the molecule is Cc1ccc(S(=O)(=O)N[C@H](C)c2ccc3c(c2)OCO3)cc1C. The van der Waals surface area contributed by atoms with Crippen LogP contribution in [0.15, 0.2) is 41.3 Å². The molecule has 0 bridgehead atoms. The molecule has 0 unspecified atom stereocenters. The van der Waals surface area contributed by atoms with Crippen molar-refractivity contribution in [1.29, 1.82) is 0 Å². The average Bonchev–Trinajstić information content (AvgIpc) is 2.96. The molecule has 0 aliphatic carbocycles. The van der Waals surface area contributed by atoms with Gasteiger partial charge in [0.05, 0.1) is 4.90 Å². The van der Waals surface area contributed by atoms with E-state index in [9.17, 15) is 8.42 Å².